The molecule has 23 heavy (non-hydrogen) atoms. The smallest absolute Gasteiger partial charge is 0.321 e. The number of fused-ring (bicyclic) bond motifs is 1. The number of hydrogen-bond acceptors (Lipinski definition) is 4. The fourth-order valence-corrected chi connectivity index (χ4v) is 3.21. The summed E-state index contributed by atoms with van der Waals surface area (Å²) in [7, 11) is 0. The predicted molar refractivity (Wildman–Crippen MR) is 92.7 cm³/mol. The van der Waals surface area contributed by atoms with Crippen LogP contribution in [0.4, 0.5) is 9.93 Å². The first-order chi connectivity index (χ1) is 11.3. The van der Waals surface area contributed by atoms with Gasteiger partial charge in [0.25, 0.3) is 0 Å². The molecule has 0 bridgehead atoms. The van der Waals surface area contributed by atoms with Gasteiger partial charge in [-0.3, -0.25) is 5.32 Å². The van der Waals surface area contributed by atoms with Crippen molar-refractivity contribution in [2.75, 3.05) is 11.9 Å². The Labute approximate surface area is 138 Å². The maximum absolute atomic E-state index is 12.2. The highest BCUT2D eigenvalue weighted by Crippen LogP contribution is 2.25. The predicted octanol–water partition coefficient (Wildman–Crippen LogP) is 3.54. The summed E-state index contributed by atoms with van der Waals surface area (Å²) in [6.07, 6.45) is 0.456. The quantitative estimate of drug-likeness (QED) is 0.671. The Morgan fingerprint density at radius 2 is 1.87 bits per heavy atom. The Morgan fingerprint density at radius 3 is 2.61 bits per heavy atom. The molecule has 1 aromatic heterocycles. The topological polar surface area (TPSA) is 74.2 Å². The first-order valence-electron chi connectivity index (χ1n) is 7.35. The van der Waals surface area contributed by atoms with E-state index >= 15 is 0 Å². The van der Waals surface area contributed by atoms with Crippen LogP contribution in [-0.2, 0) is 0 Å². The molecule has 0 fully saturated rings. The van der Waals surface area contributed by atoms with Crippen molar-refractivity contribution in [1.29, 1.82) is 0 Å². The molecule has 1 heterocycles. The number of rotatable bonds is 5. The number of aromatic nitrogens is 1. The molecule has 5 nitrogen and oxygen atoms in total. The number of urea groups is 1. The van der Waals surface area contributed by atoms with Crippen LogP contribution in [0.2, 0.25) is 0 Å². The highest BCUT2D eigenvalue weighted by Gasteiger charge is 2.15. The van der Waals surface area contributed by atoms with Crippen LogP contribution in [0.3, 0.4) is 0 Å². The molecule has 3 aromatic rings. The van der Waals surface area contributed by atoms with E-state index in [1.165, 1.54) is 11.3 Å². The van der Waals surface area contributed by atoms with Crippen LogP contribution in [0.15, 0.2) is 54.6 Å². The number of anilines is 1. The summed E-state index contributed by atoms with van der Waals surface area (Å²) in [4.78, 5) is 16.6. The van der Waals surface area contributed by atoms with Crippen LogP contribution in [0, 0.1) is 0 Å². The molecule has 1 atom stereocenters. The van der Waals surface area contributed by atoms with Crippen molar-refractivity contribution in [2.45, 2.75) is 12.5 Å². The molecule has 2 amide bonds. The number of carbonyl (C=O) groups is 1. The molecule has 6 heteroatoms. The van der Waals surface area contributed by atoms with Crippen LogP contribution in [0.25, 0.3) is 10.2 Å². The fourth-order valence-electron chi connectivity index (χ4n) is 2.35. The zero-order valence-electron chi connectivity index (χ0n) is 12.4. The van der Waals surface area contributed by atoms with Crippen LogP contribution in [-0.4, -0.2) is 22.7 Å². The molecule has 0 spiro atoms. The van der Waals surface area contributed by atoms with Crippen molar-refractivity contribution < 1.29 is 9.90 Å². The second-order valence-corrected chi connectivity index (χ2v) is 6.09. The van der Waals surface area contributed by atoms with Crippen molar-refractivity contribution in [1.82, 2.24) is 10.3 Å². The molecule has 0 saturated heterocycles. The molecule has 3 N–H and O–H groups in total. The minimum Gasteiger partial charge on any atom is -0.396 e. The zero-order valence-corrected chi connectivity index (χ0v) is 13.2. The van der Waals surface area contributed by atoms with E-state index in [0.717, 1.165) is 15.8 Å². The molecular formula is C17H17N3O2S. The van der Waals surface area contributed by atoms with E-state index in [2.05, 4.69) is 15.6 Å². The van der Waals surface area contributed by atoms with Crippen LogP contribution >= 0.6 is 11.3 Å². The van der Waals surface area contributed by atoms with E-state index in [4.69, 9.17) is 0 Å². The number of thiazole rings is 1. The molecule has 3 rings (SSSR count). The van der Waals surface area contributed by atoms with E-state index in [1.54, 1.807) is 0 Å². The largest absolute Gasteiger partial charge is 0.396 e. The maximum Gasteiger partial charge on any atom is 0.321 e. The summed E-state index contributed by atoms with van der Waals surface area (Å²) in [6, 6.07) is 16.8. The monoisotopic (exact) mass is 327 g/mol. The molecule has 0 aliphatic heterocycles. The summed E-state index contributed by atoms with van der Waals surface area (Å²) in [5.41, 5.74) is 1.82. The summed E-state index contributed by atoms with van der Waals surface area (Å²) < 4.78 is 1.03. The van der Waals surface area contributed by atoms with Gasteiger partial charge in [-0.1, -0.05) is 53.8 Å². The van der Waals surface area contributed by atoms with Gasteiger partial charge in [-0.15, -0.1) is 0 Å². The van der Waals surface area contributed by atoms with Crippen molar-refractivity contribution in [3.8, 4) is 0 Å². The van der Waals surface area contributed by atoms with Gasteiger partial charge in [0.1, 0.15) is 0 Å². The van der Waals surface area contributed by atoms with Crippen LogP contribution < -0.4 is 10.6 Å². The summed E-state index contributed by atoms with van der Waals surface area (Å²) in [5, 5.41) is 15.4. The lowest BCUT2D eigenvalue weighted by Gasteiger charge is -2.18. The Bertz CT molecular complexity index is 756. The number of hydrogen-bond donors (Lipinski definition) is 3. The van der Waals surface area contributed by atoms with Crippen molar-refractivity contribution >= 4 is 32.7 Å². The molecule has 2 aromatic carbocycles. The third-order valence-electron chi connectivity index (χ3n) is 3.44. The Kier molecular flexibility index (Phi) is 4.85. The molecule has 0 radical (unpaired) electrons. The lowest BCUT2D eigenvalue weighted by Crippen LogP contribution is -2.33. The van der Waals surface area contributed by atoms with Gasteiger partial charge >= 0.3 is 6.03 Å². The second kappa shape index (κ2) is 7.21. The first kappa shape index (κ1) is 15.5. The highest BCUT2D eigenvalue weighted by molar-refractivity contribution is 7.22. The number of benzene rings is 2. The van der Waals surface area contributed by atoms with Crippen LogP contribution in [0.5, 0.6) is 0 Å². The molecule has 0 aliphatic rings. The summed E-state index contributed by atoms with van der Waals surface area (Å²) in [6.45, 7) is 0.000971. The van der Waals surface area contributed by atoms with Crippen LogP contribution in [0.1, 0.15) is 18.0 Å². The third-order valence-corrected chi connectivity index (χ3v) is 4.39. The summed E-state index contributed by atoms with van der Waals surface area (Å²) in [5.74, 6) is 0. The minimum absolute atomic E-state index is 0.000971. The van der Waals surface area contributed by atoms with Gasteiger partial charge in [0.05, 0.1) is 16.3 Å². The van der Waals surface area contributed by atoms with E-state index in [9.17, 15) is 9.90 Å². The number of nitrogens with zero attached hydrogens (tertiary/aromatic N) is 1. The number of aliphatic hydroxyl groups excluding tert-OH is 1. The van der Waals surface area contributed by atoms with Gasteiger partial charge in [-0.25, -0.2) is 9.78 Å². The van der Waals surface area contributed by atoms with Gasteiger partial charge in [-0.05, 0) is 24.1 Å². The van der Waals surface area contributed by atoms with Gasteiger partial charge in [0.15, 0.2) is 5.13 Å². The molecule has 0 unspecified atom stereocenters. The van der Waals surface area contributed by atoms with Crippen molar-refractivity contribution in [3.05, 3.63) is 60.2 Å². The number of aliphatic hydroxyl groups is 1. The highest BCUT2D eigenvalue weighted by atomic mass is 32.1. The minimum atomic E-state index is -0.327. The standard InChI is InChI=1S/C17H17N3O2S/c21-11-10-13(12-6-2-1-3-7-12)18-16(22)20-17-19-14-8-4-5-9-15(14)23-17/h1-9,13,21H,10-11H2,(H2,18,19,20,22)/t13-/m1/s1. The molecule has 0 saturated carbocycles. The van der Waals surface area contributed by atoms with E-state index in [1.807, 2.05) is 54.6 Å². The lowest BCUT2D eigenvalue weighted by molar-refractivity contribution is 0.239. The Hall–Kier alpha value is -2.44. The third kappa shape index (κ3) is 3.85. The van der Waals surface area contributed by atoms with E-state index < -0.39 is 0 Å². The van der Waals surface area contributed by atoms with Gasteiger partial charge < -0.3 is 10.4 Å². The molecular weight excluding hydrogens is 310 g/mol. The number of para-hydroxylation sites is 1. The average Bonchev–Trinajstić information content (AvgIpc) is 2.97. The molecule has 0 aliphatic carbocycles. The Morgan fingerprint density at radius 1 is 1.13 bits per heavy atom. The number of nitrogens with one attached hydrogen (secondary N) is 2. The van der Waals surface area contributed by atoms with Crippen molar-refractivity contribution in [2.24, 2.45) is 0 Å². The normalized spacial score (nSPS) is 12.0. The molecule has 118 valence electrons. The number of amides is 2. The van der Waals surface area contributed by atoms with Gasteiger partial charge in [-0.2, -0.15) is 0 Å². The van der Waals surface area contributed by atoms with Crippen molar-refractivity contribution in [3.63, 3.8) is 0 Å². The number of carbonyl (C=O) groups excluding carboxylic acids is 1. The van der Waals surface area contributed by atoms with Gasteiger partial charge in [0, 0.05) is 6.61 Å². The SMILES string of the molecule is O=C(Nc1nc2ccccc2s1)N[C@H](CCO)c1ccccc1. The summed E-state index contributed by atoms with van der Waals surface area (Å²) >= 11 is 1.43. The average molecular weight is 327 g/mol. The zero-order chi connectivity index (χ0) is 16.1. The Balaban J connectivity index is 1.69. The fraction of sp³-hybridized carbons (Fsp3) is 0.176. The second-order valence-electron chi connectivity index (χ2n) is 5.06. The first-order valence-corrected chi connectivity index (χ1v) is 8.17. The van der Waals surface area contributed by atoms with Gasteiger partial charge in [0.2, 0.25) is 0 Å². The lowest BCUT2D eigenvalue weighted by atomic mass is 10.0. The van der Waals surface area contributed by atoms with E-state index in [-0.39, 0.29) is 18.7 Å². The maximum atomic E-state index is 12.2. The van der Waals surface area contributed by atoms with E-state index in [0.29, 0.717) is 11.6 Å².